The number of nitrogens with one attached hydrogen (secondary N) is 1. The second kappa shape index (κ2) is 9.72. The minimum absolute atomic E-state index is 0.121. The van der Waals surface area contributed by atoms with Crippen molar-refractivity contribution in [2.45, 2.75) is 46.1 Å². The third kappa shape index (κ3) is 6.14. The van der Waals surface area contributed by atoms with Gasteiger partial charge in [-0.2, -0.15) is 0 Å². The first kappa shape index (κ1) is 18.8. The number of hydrogen-bond donors (Lipinski definition) is 1. The zero-order chi connectivity index (χ0) is 18.1. The Labute approximate surface area is 150 Å². The Hall–Kier alpha value is -2.49. The van der Waals surface area contributed by atoms with Crippen LogP contribution in [0.5, 0.6) is 11.5 Å². The number of unbranched alkanes of at least 4 members (excludes halogenated alkanes) is 1. The van der Waals surface area contributed by atoms with Gasteiger partial charge >= 0.3 is 0 Å². The molecule has 0 aliphatic rings. The largest absolute Gasteiger partial charge is 0.494 e. The van der Waals surface area contributed by atoms with E-state index in [1.807, 2.05) is 43.3 Å². The summed E-state index contributed by atoms with van der Waals surface area (Å²) in [5, 5.41) is 2.91. The minimum Gasteiger partial charge on any atom is -0.494 e. The van der Waals surface area contributed by atoms with Crippen molar-refractivity contribution in [3.8, 4) is 11.5 Å². The van der Waals surface area contributed by atoms with Crippen LogP contribution in [0.3, 0.4) is 0 Å². The second-order valence-electron chi connectivity index (χ2n) is 6.05. The Morgan fingerprint density at radius 1 is 1.08 bits per heavy atom. The van der Waals surface area contributed by atoms with Crippen molar-refractivity contribution in [1.29, 1.82) is 0 Å². The average molecular weight is 341 g/mol. The summed E-state index contributed by atoms with van der Waals surface area (Å²) in [6.07, 6.45) is 3.14. The van der Waals surface area contributed by atoms with Gasteiger partial charge in [0.05, 0.1) is 12.7 Å². The van der Waals surface area contributed by atoms with Gasteiger partial charge in [-0.1, -0.05) is 32.4 Å². The number of benzene rings is 2. The van der Waals surface area contributed by atoms with Gasteiger partial charge in [0.2, 0.25) is 0 Å². The predicted octanol–water partition coefficient (Wildman–Crippen LogP) is 5.30. The summed E-state index contributed by atoms with van der Waals surface area (Å²) in [6.45, 7) is 6.88. The van der Waals surface area contributed by atoms with Crippen LogP contribution in [0.15, 0.2) is 48.5 Å². The van der Waals surface area contributed by atoms with Crippen molar-refractivity contribution in [1.82, 2.24) is 0 Å². The van der Waals surface area contributed by atoms with Gasteiger partial charge < -0.3 is 14.8 Å². The Kier molecular flexibility index (Phi) is 7.33. The summed E-state index contributed by atoms with van der Waals surface area (Å²) in [5.41, 5.74) is 1.28. The minimum atomic E-state index is -0.166. The lowest BCUT2D eigenvalue weighted by Gasteiger charge is -2.13. The molecular formula is C21H27NO3. The summed E-state index contributed by atoms with van der Waals surface area (Å²) in [6, 6.07) is 14.7. The summed E-state index contributed by atoms with van der Waals surface area (Å²) < 4.78 is 11.5. The molecule has 2 aromatic carbocycles. The summed E-state index contributed by atoms with van der Waals surface area (Å²) in [7, 11) is 0. The normalized spacial score (nSPS) is 11.6. The van der Waals surface area contributed by atoms with Gasteiger partial charge in [-0.3, -0.25) is 4.79 Å². The molecule has 1 atom stereocenters. The van der Waals surface area contributed by atoms with Crippen LogP contribution in [0, 0.1) is 0 Å². The lowest BCUT2D eigenvalue weighted by molar-refractivity contribution is 0.102. The molecule has 134 valence electrons. The van der Waals surface area contributed by atoms with Crippen LogP contribution in [-0.2, 0) is 0 Å². The first-order valence-electron chi connectivity index (χ1n) is 8.93. The van der Waals surface area contributed by atoms with E-state index in [4.69, 9.17) is 9.47 Å². The molecular weight excluding hydrogens is 314 g/mol. The highest BCUT2D eigenvalue weighted by Crippen LogP contribution is 2.20. The van der Waals surface area contributed by atoms with Crippen LogP contribution in [0.2, 0.25) is 0 Å². The van der Waals surface area contributed by atoms with Crippen LogP contribution in [-0.4, -0.2) is 18.6 Å². The number of ether oxygens (including phenoxy) is 2. The SMILES string of the molecule is CCCCOc1cccc(NC(=O)c2cccc(OC(C)CC)c2)c1. The molecule has 0 radical (unpaired) electrons. The molecule has 2 aromatic rings. The van der Waals surface area contributed by atoms with E-state index < -0.39 is 0 Å². The van der Waals surface area contributed by atoms with Gasteiger partial charge in [0.1, 0.15) is 11.5 Å². The molecule has 0 heterocycles. The maximum atomic E-state index is 12.5. The molecule has 0 aliphatic heterocycles. The van der Waals surface area contributed by atoms with E-state index >= 15 is 0 Å². The number of amides is 1. The third-order valence-electron chi connectivity index (χ3n) is 3.87. The smallest absolute Gasteiger partial charge is 0.255 e. The maximum absolute atomic E-state index is 12.5. The first-order chi connectivity index (χ1) is 12.1. The van der Waals surface area contributed by atoms with E-state index in [0.717, 1.165) is 25.0 Å². The topological polar surface area (TPSA) is 47.6 Å². The van der Waals surface area contributed by atoms with E-state index in [1.54, 1.807) is 12.1 Å². The fraction of sp³-hybridized carbons (Fsp3) is 0.381. The number of anilines is 1. The summed E-state index contributed by atoms with van der Waals surface area (Å²) >= 11 is 0. The zero-order valence-corrected chi connectivity index (χ0v) is 15.2. The van der Waals surface area contributed by atoms with Crippen molar-refractivity contribution in [3.05, 3.63) is 54.1 Å². The fourth-order valence-corrected chi connectivity index (χ4v) is 2.23. The first-order valence-corrected chi connectivity index (χ1v) is 8.93. The van der Waals surface area contributed by atoms with Gasteiger partial charge in [-0.15, -0.1) is 0 Å². The molecule has 0 saturated heterocycles. The molecule has 0 fully saturated rings. The molecule has 0 spiro atoms. The second-order valence-corrected chi connectivity index (χ2v) is 6.05. The van der Waals surface area contributed by atoms with Crippen LogP contribution in [0.1, 0.15) is 50.4 Å². The Balaban J connectivity index is 2.02. The lowest BCUT2D eigenvalue weighted by atomic mass is 10.2. The maximum Gasteiger partial charge on any atom is 0.255 e. The van der Waals surface area contributed by atoms with Crippen molar-refractivity contribution in [3.63, 3.8) is 0 Å². The van der Waals surface area contributed by atoms with Crippen LogP contribution in [0.4, 0.5) is 5.69 Å². The quantitative estimate of drug-likeness (QED) is 0.630. The van der Waals surface area contributed by atoms with Gasteiger partial charge in [0.25, 0.3) is 5.91 Å². The highest BCUT2D eigenvalue weighted by molar-refractivity contribution is 6.04. The summed E-state index contributed by atoms with van der Waals surface area (Å²) in [4.78, 5) is 12.5. The lowest BCUT2D eigenvalue weighted by Crippen LogP contribution is -2.13. The highest BCUT2D eigenvalue weighted by Gasteiger charge is 2.09. The van der Waals surface area contributed by atoms with E-state index in [2.05, 4.69) is 19.2 Å². The van der Waals surface area contributed by atoms with E-state index in [9.17, 15) is 4.79 Å². The molecule has 1 unspecified atom stereocenters. The van der Waals surface area contributed by atoms with Crippen LogP contribution in [0.25, 0.3) is 0 Å². The van der Waals surface area contributed by atoms with Crippen molar-refractivity contribution in [2.75, 3.05) is 11.9 Å². The predicted molar refractivity (Wildman–Crippen MR) is 102 cm³/mol. The van der Waals surface area contributed by atoms with Crippen molar-refractivity contribution in [2.24, 2.45) is 0 Å². The van der Waals surface area contributed by atoms with E-state index in [-0.39, 0.29) is 12.0 Å². The van der Waals surface area contributed by atoms with E-state index in [0.29, 0.717) is 23.6 Å². The van der Waals surface area contributed by atoms with Gasteiger partial charge in [-0.05, 0) is 50.1 Å². The molecule has 0 saturated carbocycles. The third-order valence-corrected chi connectivity index (χ3v) is 3.87. The standard InChI is InChI=1S/C21H27NO3/c1-4-6-13-24-19-11-8-10-18(15-19)22-21(23)17-9-7-12-20(14-17)25-16(3)5-2/h7-12,14-16H,4-6,13H2,1-3H3,(H,22,23). The molecule has 25 heavy (non-hydrogen) atoms. The van der Waals surface area contributed by atoms with Gasteiger partial charge in [-0.25, -0.2) is 0 Å². The Bertz CT molecular complexity index is 684. The number of rotatable bonds is 9. The average Bonchev–Trinajstić information content (AvgIpc) is 2.62. The van der Waals surface area contributed by atoms with Gasteiger partial charge in [0.15, 0.2) is 0 Å². The number of hydrogen-bond acceptors (Lipinski definition) is 3. The van der Waals surface area contributed by atoms with Crippen molar-refractivity contribution >= 4 is 11.6 Å². The molecule has 1 amide bonds. The Morgan fingerprint density at radius 3 is 2.60 bits per heavy atom. The summed E-state index contributed by atoms with van der Waals surface area (Å²) in [5.74, 6) is 1.30. The van der Waals surface area contributed by atoms with Crippen LogP contribution >= 0.6 is 0 Å². The van der Waals surface area contributed by atoms with E-state index in [1.165, 1.54) is 0 Å². The molecule has 4 nitrogen and oxygen atoms in total. The fourth-order valence-electron chi connectivity index (χ4n) is 2.23. The molecule has 2 rings (SSSR count). The van der Waals surface area contributed by atoms with Gasteiger partial charge in [0, 0.05) is 17.3 Å². The van der Waals surface area contributed by atoms with Crippen molar-refractivity contribution < 1.29 is 14.3 Å². The zero-order valence-electron chi connectivity index (χ0n) is 15.2. The molecule has 0 aliphatic carbocycles. The number of carbonyl (C=O) groups is 1. The number of carbonyl (C=O) groups excluding carboxylic acids is 1. The highest BCUT2D eigenvalue weighted by atomic mass is 16.5. The van der Waals surface area contributed by atoms with Crippen LogP contribution < -0.4 is 14.8 Å². The molecule has 0 bridgehead atoms. The molecule has 1 N–H and O–H groups in total. The Morgan fingerprint density at radius 2 is 1.84 bits per heavy atom. The monoisotopic (exact) mass is 341 g/mol. The molecule has 4 heteroatoms. The molecule has 0 aromatic heterocycles.